The van der Waals surface area contributed by atoms with Crippen LogP contribution in [-0.4, -0.2) is 30.9 Å². The number of nitrogens with one attached hydrogen (secondary N) is 1. The van der Waals surface area contributed by atoms with Crippen molar-refractivity contribution in [3.63, 3.8) is 0 Å². The zero-order chi connectivity index (χ0) is 25.5. The van der Waals surface area contributed by atoms with Crippen LogP contribution in [0.25, 0.3) is 22.5 Å². The molecule has 1 aromatic heterocycles. The molecule has 0 saturated carbocycles. The van der Waals surface area contributed by atoms with E-state index in [-0.39, 0.29) is 11.4 Å². The molecule has 0 fully saturated rings. The largest absolute Gasteiger partial charge is 0.317 e. The van der Waals surface area contributed by atoms with Crippen LogP contribution in [0, 0.1) is 19.3 Å². The second-order valence-electron chi connectivity index (χ2n) is 8.82. The monoisotopic (exact) mass is 521 g/mol. The average Bonchev–Trinajstić information content (AvgIpc) is 3.45. The number of fused-ring (bicyclic) bond motifs is 2. The Labute approximate surface area is 223 Å². The van der Waals surface area contributed by atoms with Crippen LogP contribution in [-0.2, 0) is 10.5 Å². The summed E-state index contributed by atoms with van der Waals surface area (Å²) in [4.78, 5) is 17.2. The number of carbonyl (C=O) groups excluding carboxylic acids is 1. The fraction of sp³-hybridized carbons (Fsp3) is 0.103. The Kier molecular flexibility index (Phi) is 6.06. The Morgan fingerprint density at radius 3 is 2.59 bits per heavy atom. The number of nitrogens with zero attached hydrogens (tertiary/aromatic N) is 4. The number of aromatic nitrogens is 1. The molecule has 0 bridgehead atoms. The third-order valence-electron chi connectivity index (χ3n) is 6.42. The summed E-state index contributed by atoms with van der Waals surface area (Å²) >= 11 is 2.91. The van der Waals surface area contributed by atoms with E-state index in [0.717, 1.165) is 38.2 Å². The quantitative estimate of drug-likeness (QED) is 0.301. The molecule has 4 aromatic rings. The topological polar surface area (TPSA) is 73.8 Å². The fourth-order valence-electron chi connectivity index (χ4n) is 4.62. The molecule has 8 heteroatoms. The van der Waals surface area contributed by atoms with Crippen LogP contribution in [0.5, 0.6) is 0 Å². The molecule has 0 spiro atoms. The van der Waals surface area contributed by atoms with Crippen molar-refractivity contribution in [3.8, 4) is 5.69 Å². The number of benzene rings is 3. The Hall–Kier alpha value is -3.88. The number of hydrogen-bond donors (Lipinski definition) is 1. The Bertz CT molecular complexity index is 1660. The highest BCUT2D eigenvalue weighted by Gasteiger charge is 2.36. The number of thioether (sulfide) groups is 2. The van der Waals surface area contributed by atoms with Crippen LogP contribution < -0.4 is 0 Å². The summed E-state index contributed by atoms with van der Waals surface area (Å²) in [5.41, 5.74) is 5.44. The predicted molar refractivity (Wildman–Crippen MR) is 155 cm³/mol. The van der Waals surface area contributed by atoms with Gasteiger partial charge in [0.15, 0.2) is 10.2 Å². The van der Waals surface area contributed by atoms with Gasteiger partial charge in [0.25, 0.3) is 5.91 Å². The third kappa shape index (κ3) is 4.32. The van der Waals surface area contributed by atoms with E-state index >= 15 is 0 Å². The third-order valence-corrected chi connectivity index (χ3v) is 8.53. The van der Waals surface area contributed by atoms with Crippen LogP contribution in [0.2, 0.25) is 0 Å². The first-order valence-electron chi connectivity index (χ1n) is 11.8. The van der Waals surface area contributed by atoms with E-state index in [2.05, 4.69) is 64.0 Å². The standard InChI is InChI=1S/C29H23N5OS2/c1-18-15-22(19(2)33(18)25-14-8-12-21-11-6-7-13-23(21)25)16-24-26(30)34-28(31-27(24)35)37-29(32-34)36-17-20-9-4-3-5-10-20/h3-16,30H,17H2,1-2H3/b24-16-,30-26?. The molecule has 3 heterocycles. The molecule has 0 unspecified atom stereocenters. The second kappa shape index (κ2) is 9.53. The van der Waals surface area contributed by atoms with E-state index in [1.165, 1.54) is 27.7 Å². The molecule has 2 aliphatic heterocycles. The van der Waals surface area contributed by atoms with Gasteiger partial charge in [-0.2, -0.15) is 10.0 Å². The first-order chi connectivity index (χ1) is 18.0. The van der Waals surface area contributed by atoms with Gasteiger partial charge in [-0.05, 0) is 60.3 Å². The summed E-state index contributed by atoms with van der Waals surface area (Å²) in [5.74, 6) is 0.397. The van der Waals surface area contributed by atoms with Crippen LogP contribution >= 0.6 is 23.5 Å². The second-order valence-corrected chi connectivity index (χ2v) is 11.0. The van der Waals surface area contributed by atoms with Gasteiger partial charge in [-0.15, -0.1) is 5.10 Å². The van der Waals surface area contributed by atoms with Crippen LogP contribution in [0.15, 0.2) is 94.5 Å². The molecule has 1 N–H and O–H groups in total. The van der Waals surface area contributed by atoms with Gasteiger partial charge < -0.3 is 4.57 Å². The van der Waals surface area contributed by atoms with E-state index in [4.69, 9.17) is 5.41 Å². The molecule has 182 valence electrons. The number of rotatable bonds is 4. The lowest BCUT2D eigenvalue weighted by atomic mass is 10.1. The molecular weight excluding hydrogens is 498 g/mol. The molecule has 0 atom stereocenters. The Morgan fingerprint density at radius 2 is 1.76 bits per heavy atom. The van der Waals surface area contributed by atoms with Crippen molar-refractivity contribution < 1.29 is 4.79 Å². The highest BCUT2D eigenvalue weighted by molar-refractivity contribution is 8.45. The van der Waals surface area contributed by atoms with Gasteiger partial charge >= 0.3 is 0 Å². The summed E-state index contributed by atoms with van der Waals surface area (Å²) in [6, 6.07) is 26.8. The maximum absolute atomic E-state index is 13.0. The number of hydrazone groups is 1. The summed E-state index contributed by atoms with van der Waals surface area (Å²) in [7, 11) is 0. The first kappa shape index (κ1) is 23.5. The molecular formula is C29H23N5OS2. The van der Waals surface area contributed by atoms with Crippen molar-refractivity contribution in [2.24, 2.45) is 10.1 Å². The van der Waals surface area contributed by atoms with Crippen molar-refractivity contribution in [3.05, 3.63) is 107 Å². The van der Waals surface area contributed by atoms with Crippen molar-refractivity contribution >= 4 is 61.7 Å². The maximum Gasteiger partial charge on any atom is 0.283 e. The molecule has 0 radical (unpaired) electrons. The molecule has 37 heavy (non-hydrogen) atoms. The number of carbonyl (C=O) groups is 1. The zero-order valence-electron chi connectivity index (χ0n) is 20.3. The van der Waals surface area contributed by atoms with Crippen LogP contribution in [0.3, 0.4) is 0 Å². The van der Waals surface area contributed by atoms with E-state index in [0.29, 0.717) is 5.17 Å². The fourth-order valence-corrected chi connectivity index (χ4v) is 6.50. The average molecular weight is 522 g/mol. The summed E-state index contributed by atoms with van der Waals surface area (Å²) in [6.45, 7) is 4.09. The van der Waals surface area contributed by atoms with Gasteiger partial charge in [-0.3, -0.25) is 10.2 Å². The Morgan fingerprint density at radius 1 is 1.00 bits per heavy atom. The summed E-state index contributed by atoms with van der Waals surface area (Å²) in [5, 5.41) is 17.6. The van der Waals surface area contributed by atoms with Gasteiger partial charge in [0.1, 0.15) is 0 Å². The number of amidine groups is 2. The smallest absolute Gasteiger partial charge is 0.283 e. The SMILES string of the molecule is Cc1cc(/C=C2/C(=N)N3N=C(SCc4ccccc4)SC3=NC2=O)c(C)n1-c1cccc2ccccc12. The Balaban J connectivity index is 1.31. The highest BCUT2D eigenvalue weighted by Crippen LogP contribution is 2.34. The lowest BCUT2D eigenvalue weighted by molar-refractivity contribution is -0.114. The van der Waals surface area contributed by atoms with Gasteiger partial charge in [0, 0.05) is 22.5 Å². The van der Waals surface area contributed by atoms with Gasteiger partial charge in [-0.1, -0.05) is 78.5 Å². The van der Waals surface area contributed by atoms with E-state index in [9.17, 15) is 4.79 Å². The van der Waals surface area contributed by atoms with Crippen molar-refractivity contribution in [1.29, 1.82) is 5.41 Å². The van der Waals surface area contributed by atoms with Crippen molar-refractivity contribution in [1.82, 2.24) is 9.58 Å². The lowest BCUT2D eigenvalue weighted by Crippen LogP contribution is -2.35. The molecule has 6 rings (SSSR count). The highest BCUT2D eigenvalue weighted by atomic mass is 32.2. The predicted octanol–water partition coefficient (Wildman–Crippen LogP) is 6.76. The zero-order valence-corrected chi connectivity index (χ0v) is 21.9. The number of aliphatic imine (C=N–C) groups is 1. The normalized spacial score (nSPS) is 16.4. The number of hydrogen-bond acceptors (Lipinski definition) is 5. The van der Waals surface area contributed by atoms with Gasteiger partial charge in [0.05, 0.1) is 11.3 Å². The number of aryl methyl sites for hydroxylation is 1. The molecule has 2 aliphatic rings. The summed E-state index contributed by atoms with van der Waals surface area (Å²) in [6.07, 6.45) is 1.77. The minimum absolute atomic E-state index is 0.0489. The van der Waals surface area contributed by atoms with Crippen LogP contribution in [0.4, 0.5) is 0 Å². The number of amides is 1. The maximum atomic E-state index is 13.0. The van der Waals surface area contributed by atoms with E-state index < -0.39 is 5.91 Å². The molecule has 0 aliphatic carbocycles. The molecule has 6 nitrogen and oxygen atoms in total. The first-order valence-corrected chi connectivity index (χ1v) is 13.6. The van der Waals surface area contributed by atoms with Gasteiger partial charge in [-0.25, -0.2) is 0 Å². The summed E-state index contributed by atoms with van der Waals surface area (Å²) < 4.78 is 2.97. The lowest BCUT2D eigenvalue weighted by Gasteiger charge is -2.20. The minimum Gasteiger partial charge on any atom is -0.317 e. The minimum atomic E-state index is -0.414. The van der Waals surface area contributed by atoms with E-state index in [1.54, 1.807) is 17.8 Å². The van der Waals surface area contributed by atoms with E-state index in [1.807, 2.05) is 43.3 Å². The van der Waals surface area contributed by atoms with Gasteiger partial charge in [0.2, 0.25) is 5.17 Å². The van der Waals surface area contributed by atoms with Crippen LogP contribution in [0.1, 0.15) is 22.5 Å². The van der Waals surface area contributed by atoms with Crippen molar-refractivity contribution in [2.45, 2.75) is 19.6 Å². The molecule has 0 saturated heterocycles. The van der Waals surface area contributed by atoms with Crippen molar-refractivity contribution in [2.75, 3.05) is 0 Å². The molecule has 3 aromatic carbocycles. The molecule has 1 amide bonds.